The largest absolute Gasteiger partial charge is 0.485 e. The van der Waals surface area contributed by atoms with E-state index in [-0.39, 0.29) is 42.3 Å². The third-order valence-electron chi connectivity index (χ3n) is 6.71. The van der Waals surface area contributed by atoms with Gasteiger partial charge in [0.15, 0.2) is 11.6 Å². The summed E-state index contributed by atoms with van der Waals surface area (Å²) in [7, 11) is 1.98. The predicted molar refractivity (Wildman–Crippen MR) is 129 cm³/mol. The van der Waals surface area contributed by atoms with Crippen LogP contribution in [0.5, 0.6) is 5.75 Å². The zero-order chi connectivity index (χ0) is 23.2. The standard InChI is InChI=1S/C25H33F3N4O.ClH/c1-29-7-3-9-32-10-5-17(6-11-32)15-31-23-14-20(23)21-12-19(26)13-22(27)24(21)33-16-18-4-2-8-30-25(18)28;/h2,4,8,12-13,17,20,23,29,31H,3,5-7,9-11,14-16H2,1H3;1H/t20-,23+;/m0./s1. The highest BCUT2D eigenvalue weighted by molar-refractivity contribution is 5.85. The molecule has 2 N–H and O–H groups in total. The lowest BCUT2D eigenvalue weighted by Gasteiger charge is -2.32. The molecule has 4 rings (SSSR count). The Bertz CT molecular complexity index is 927. The fourth-order valence-electron chi connectivity index (χ4n) is 4.66. The molecule has 2 heterocycles. The molecule has 2 aliphatic rings. The first-order chi connectivity index (χ1) is 16.0. The molecule has 1 aliphatic heterocycles. The average Bonchev–Trinajstić information content (AvgIpc) is 3.58. The number of halogens is 4. The van der Waals surface area contributed by atoms with Crippen molar-refractivity contribution in [2.75, 3.05) is 39.8 Å². The van der Waals surface area contributed by atoms with Crippen LogP contribution < -0.4 is 15.4 Å². The summed E-state index contributed by atoms with van der Waals surface area (Å²) in [6.45, 7) is 5.20. The highest BCUT2D eigenvalue weighted by Gasteiger charge is 2.41. The first-order valence-electron chi connectivity index (χ1n) is 11.9. The minimum Gasteiger partial charge on any atom is -0.485 e. The summed E-state index contributed by atoms with van der Waals surface area (Å²) in [6.07, 6.45) is 5.67. The van der Waals surface area contributed by atoms with Gasteiger partial charge in [-0.15, -0.1) is 12.4 Å². The molecule has 0 spiro atoms. The molecule has 5 nitrogen and oxygen atoms in total. The number of benzene rings is 1. The maximum absolute atomic E-state index is 14.6. The molecule has 1 aliphatic carbocycles. The van der Waals surface area contributed by atoms with E-state index in [0.717, 1.165) is 45.2 Å². The monoisotopic (exact) mass is 498 g/mol. The highest BCUT2D eigenvalue weighted by Crippen LogP contribution is 2.46. The van der Waals surface area contributed by atoms with Gasteiger partial charge in [0, 0.05) is 35.3 Å². The van der Waals surface area contributed by atoms with E-state index in [2.05, 4.69) is 20.5 Å². The van der Waals surface area contributed by atoms with Crippen molar-refractivity contribution >= 4 is 12.4 Å². The van der Waals surface area contributed by atoms with Gasteiger partial charge in [0.05, 0.1) is 0 Å². The number of pyridine rings is 1. The van der Waals surface area contributed by atoms with E-state index in [9.17, 15) is 13.2 Å². The smallest absolute Gasteiger partial charge is 0.219 e. The Kier molecular flexibility index (Phi) is 10.0. The van der Waals surface area contributed by atoms with Gasteiger partial charge in [0.25, 0.3) is 0 Å². The van der Waals surface area contributed by atoms with Crippen LogP contribution in [0.1, 0.15) is 42.7 Å². The first-order valence-corrected chi connectivity index (χ1v) is 11.9. The van der Waals surface area contributed by atoms with Gasteiger partial charge >= 0.3 is 0 Å². The topological polar surface area (TPSA) is 49.4 Å². The number of piperidine rings is 1. The van der Waals surface area contributed by atoms with Gasteiger partial charge in [-0.3, -0.25) is 0 Å². The number of rotatable bonds is 11. The molecule has 9 heteroatoms. The molecule has 1 aromatic heterocycles. The van der Waals surface area contributed by atoms with E-state index in [0.29, 0.717) is 11.5 Å². The second-order valence-corrected chi connectivity index (χ2v) is 9.15. The van der Waals surface area contributed by atoms with Crippen molar-refractivity contribution in [2.45, 2.75) is 44.2 Å². The zero-order valence-corrected chi connectivity index (χ0v) is 20.4. The Balaban J connectivity index is 0.00000324. The fraction of sp³-hybridized carbons (Fsp3) is 0.560. The van der Waals surface area contributed by atoms with Crippen molar-refractivity contribution in [3.63, 3.8) is 0 Å². The van der Waals surface area contributed by atoms with Crippen LogP contribution in [0.3, 0.4) is 0 Å². The Morgan fingerprint density at radius 2 is 1.97 bits per heavy atom. The zero-order valence-electron chi connectivity index (χ0n) is 19.5. The third-order valence-corrected chi connectivity index (χ3v) is 6.71. The molecule has 0 radical (unpaired) electrons. The fourth-order valence-corrected chi connectivity index (χ4v) is 4.66. The molecular weight excluding hydrogens is 465 g/mol. The Hall–Kier alpha value is -1.87. The van der Waals surface area contributed by atoms with E-state index in [1.54, 1.807) is 6.07 Å². The lowest BCUT2D eigenvalue weighted by molar-refractivity contribution is 0.180. The summed E-state index contributed by atoms with van der Waals surface area (Å²) < 4.78 is 48.0. The quantitative estimate of drug-likeness (QED) is 0.358. The molecule has 2 atom stereocenters. The van der Waals surface area contributed by atoms with E-state index in [1.807, 2.05) is 7.05 Å². The van der Waals surface area contributed by atoms with Gasteiger partial charge in [-0.25, -0.2) is 13.8 Å². The van der Waals surface area contributed by atoms with Gasteiger partial charge in [-0.2, -0.15) is 4.39 Å². The van der Waals surface area contributed by atoms with Gasteiger partial charge in [0.2, 0.25) is 5.95 Å². The van der Waals surface area contributed by atoms with Crippen LogP contribution in [0.4, 0.5) is 13.2 Å². The van der Waals surface area contributed by atoms with E-state index in [4.69, 9.17) is 4.74 Å². The van der Waals surface area contributed by atoms with Crippen LogP contribution in [0.25, 0.3) is 0 Å². The summed E-state index contributed by atoms with van der Waals surface area (Å²) in [5.41, 5.74) is 0.739. The van der Waals surface area contributed by atoms with Crippen LogP contribution in [0.2, 0.25) is 0 Å². The molecule has 188 valence electrons. The predicted octanol–water partition coefficient (Wildman–Crippen LogP) is 4.27. The van der Waals surface area contributed by atoms with Crippen LogP contribution >= 0.6 is 12.4 Å². The number of aromatic nitrogens is 1. The van der Waals surface area contributed by atoms with Crippen LogP contribution in [-0.4, -0.2) is 55.7 Å². The number of ether oxygens (including phenoxy) is 1. The van der Waals surface area contributed by atoms with Crippen molar-refractivity contribution < 1.29 is 17.9 Å². The highest BCUT2D eigenvalue weighted by atomic mass is 35.5. The van der Waals surface area contributed by atoms with Gasteiger partial charge < -0.3 is 20.3 Å². The number of nitrogens with one attached hydrogen (secondary N) is 2. The number of likely N-dealkylation sites (tertiary alicyclic amines) is 1. The van der Waals surface area contributed by atoms with Crippen LogP contribution in [-0.2, 0) is 6.61 Å². The Labute approximate surface area is 205 Å². The molecule has 34 heavy (non-hydrogen) atoms. The number of hydrogen-bond acceptors (Lipinski definition) is 5. The Morgan fingerprint density at radius 1 is 1.18 bits per heavy atom. The molecule has 2 fully saturated rings. The SMILES string of the molecule is CNCCCN1CCC(CN[C@@H]2C[C@H]2c2cc(F)cc(F)c2OCc2cccnc2F)CC1.Cl. The number of nitrogens with zero attached hydrogens (tertiary/aromatic N) is 2. The lowest BCUT2D eigenvalue weighted by atomic mass is 9.96. The van der Waals surface area contributed by atoms with Crippen molar-refractivity contribution in [2.24, 2.45) is 5.92 Å². The summed E-state index contributed by atoms with van der Waals surface area (Å²) in [5.74, 6) is -1.42. The molecular formula is C25H34ClF3N4O. The van der Waals surface area contributed by atoms with Gasteiger partial charge in [-0.05, 0) is 89.6 Å². The summed E-state index contributed by atoms with van der Waals surface area (Å²) >= 11 is 0. The molecule has 0 bridgehead atoms. The molecule has 1 aromatic carbocycles. The number of hydrogen-bond donors (Lipinski definition) is 2. The van der Waals surface area contributed by atoms with Crippen molar-refractivity contribution in [1.82, 2.24) is 20.5 Å². The van der Waals surface area contributed by atoms with Crippen molar-refractivity contribution in [3.05, 3.63) is 59.2 Å². The minimum absolute atomic E-state index is 0. The average molecular weight is 499 g/mol. The van der Waals surface area contributed by atoms with Crippen LogP contribution in [0, 0.1) is 23.5 Å². The van der Waals surface area contributed by atoms with Gasteiger partial charge in [0.1, 0.15) is 12.4 Å². The summed E-state index contributed by atoms with van der Waals surface area (Å²) in [5, 5.41) is 6.78. The second-order valence-electron chi connectivity index (χ2n) is 9.15. The molecule has 0 amide bonds. The molecule has 1 saturated heterocycles. The van der Waals surface area contributed by atoms with Crippen molar-refractivity contribution in [1.29, 1.82) is 0 Å². The lowest BCUT2D eigenvalue weighted by Crippen LogP contribution is -2.38. The van der Waals surface area contributed by atoms with Gasteiger partial charge in [-0.1, -0.05) is 0 Å². The maximum Gasteiger partial charge on any atom is 0.219 e. The maximum atomic E-state index is 14.6. The second kappa shape index (κ2) is 12.7. The summed E-state index contributed by atoms with van der Waals surface area (Å²) in [4.78, 5) is 6.11. The normalized spacial score (nSPS) is 20.7. The third kappa shape index (κ3) is 7.07. The van der Waals surface area contributed by atoms with Crippen molar-refractivity contribution in [3.8, 4) is 5.75 Å². The first kappa shape index (κ1) is 26.7. The Morgan fingerprint density at radius 3 is 2.71 bits per heavy atom. The van der Waals surface area contributed by atoms with E-state index in [1.165, 1.54) is 37.6 Å². The molecule has 2 aromatic rings. The van der Waals surface area contributed by atoms with E-state index >= 15 is 0 Å². The summed E-state index contributed by atoms with van der Waals surface area (Å²) in [6, 6.07) is 5.47. The molecule has 1 saturated carbocycles. The van der Waals surface area contributed by atoms with E-state index < -0.39 is 17.6 Å². The molecule has 0 unspecified atom stereocenters. The minimum atomic E-state index is -0.759. The van der Waals surface area contributed by atoms with Crippen LogP contribution in [0.15, 0.2) is 30.5 Å².